The van der Waals surface area contributed by atoms with E-state index in [4.69, 9.17) is 0 Å². The first kappa shape index (κ1) is 23.0. The lowest BCUT2D eigenvalue weighted by Crippen LogP contribution is -2.25. The minimum atomic E-state index is -0.613. The normalized spacial score (nSPS) is 13.9. The summed E-state index contributed by atoms with van der Waals surface area (Å²) in [6, 6.07) is 16.9. The molecule has 0 aliphatic carbocycles. The maximum Gasteiger partial charge on any atom is 0.122 e. The fourth-order valence-electron chi connectivity index (χ4n) is 4.04. The summed E-state index contributed by atoms with van der Waals surface area (Å²) in [5.74, 6) is 0.652. The van der Waals surface area contributed by atoms with E-state index >= 15 is 0 Å². The Labute approximate surface area is 190 Å². The van der Waals surface area contributed by atoms with Crippen LogP contribution in [0, 0.1) is 0 Å². The second-order valence-corrected chi connectivity index (χ2v) is 7.95. The van der Waals surface area contributed by atoms with Crippen molar-refractivity contribution in [2.45, 2.75) is 33.1 Å². The summed E-state index contributed by atoms with van der Waals surface area (Å²) < 4.78 is 0. The van der Waals surface area contributed by atoms with E-state index in [1.54, 1.807) is 18.2 Å². The molecule has 3 aromatic rings. The van der Waals surface area contributed by atoms with Crippen LogP contribution < -0.4 is 0 Å². The standard InChI is InChI=1S/C29H30O3/c1-5-8-20-17-23(11-14-26(20)30)29(4,24-12-15-27(31)21(18-24)9-6-2)25-13-16-28(32)22(19-25)10-7-3/h5-19,30-32H,1-4H3. The van der Waals surface area contributed by atoms with Gasteiger partial charge in [0.05, 0.1) is 0 Å². The van der Waals surface area contributed by atoms with Gasteiger partial charge in [-0.15, -0.1) is 0 Å². The molecule has 0 saturated heterocycles. The average molecular weight is 427 g/mol. The molecule has 0 atom stereocenters. The first-order valence-electron chi connectivity index (χ1n) is 10.7. The van der Waals surface area contributed by atoms with Crippen LogP contribution in [-0.4, -0.2) is 15.3 Å². The van der Waals surface area contributed by atoms with Crippen LogP contribution in [0.5, 0.6) is 17.2 Å². The second kappa shape index (κ2) is 9.61. The Kier molecular flexibility index (Phi) is 6.89. The van der Waals surface area contributed by atoms with Gasteiger partial charge in [-0.05, 0) is 80.8 Å². The zero-order valence-electron chi connectivity index (χ0n) is 19.0. The Balaban J connectivity index is 2.36. The van der Waals surface area contributed by atoms with Crippen LogP contribution in [0.4, 0.5) is 0 Å². The minimum absolute atomic E-state index is 0.217. The summed E-state index contributed by atoms with van der Waals surface area (Å²) in [7, 11) is 0. The highest BCUT2D eigenvalue weighted by Crippen LogP contribution is 2.43. The molecule has 0 unspecified atom stereocenters. The van der Waals surface area contributed by atoms with E-state index in [1.807, 2.05) is 93.6 Å². The second-order valence-electron chi connectivity index (χ2n) is 7.95. The van der Waals surface area contributed by atoms with Crippen molar-refractivity contribution in [2.75, 3.05) is 0 Å². The molecule has 0 saturated carbocycles. The molecule has 32 heavy (non-hydrogen) atoms. The highest BCUT2D eigenvalue weighted by atomic mass is 16.3. The molecular weight excluding hydrogens is 396 g/mol. The van der Waals surface area contributed by atoms with Gasteiger partial charge >= 0.3 is 0 Å². The maximum atomic E-state index is 10.3. The van der Waals surface area contributed by atoms with E-state index < -0.39 is 5.41 Å². The zero-order valence-corrected chi connectivity index (χ0v) is 19.0. The first-order chi connectivity index (χ1) is 15.3. The van der Waals surface area contributed by atoms with Crippen molar-refractivity contribution in [1.82, 2.24) is 0 Å². The van der Waals surface area contributed by atoms with Crippen molar-refractivity contribution in [1.29, 1.82) is 0 Å². The van der Waals surface area contributed by atoms with Crippen LogP contribution in [0.25, 0.3) is 18.2 Å². The summed E-state index contributed by atoms with van der Waals surface area (Å²) in [6.07, 6.45) is 11.3. The molecule has 0 spiro atoms. The van der Waals surface area contributed by atoms with Crippen LogP contribution in [0.1, 0.15) is 61.1 Å². The number of phenols is 3. The third kappa shape index (κ3) is 4.33. The van der Waals surface area contributed by atoms with Crippen LogP contribution >= 0.6 is 0 Å². The van der Waals surface area contributed by atoms with E-state index in [1.165, 1.54) is 0 Å². The Morgan fingerprint density at radius 1 is 0.531 bits per heavy atom. The fourth-order valence-corrected chi connectivity index (χ4v) is 4.04. The molecule has 0 amide bonds. The number of rotatable bonds is 6. The quantitative estimate of drug-likeness (QED) is 0.364. The largest absolute Gasteiger partial charge is 0.507 e. The molecule has 0 aliphatic heterocycles. The molecule has 3 N–H and O–H groups in total. The van der Waals surface area contributed by atoms with Gasteiger partial charge in [0.1, 0.15) is 17.2 Å². The topological polar surface area (TPSA) is 60.7 Å². The molecule has 0 fully saturated rings. The fraction of sp³-hybridized carbons (Fsp3) is 0.172. The van der Waals surface area contributed by atoms with E-state index in [9.17, 15) is 15.3 Å². The zero-order chi connectivity index (χ0) is 23.3. The van der Waals surface area contributed by atoms with Crippen LogP contribution in [0.15, 0.2) is 72.8 Å². The average Bonchev–Trinajstić information content (AvgIpc) is 2.78. The van der Waals surface area contributed by atoms with Gasteiger partial charge in [0.15, 0.2) is 0 Å². The third-order valence-corrected chi connectivity index (χ3v) is 5.85. The number of benzene rings is 3. The molecule has 0 aliphatic rings. The predicted molar refractivity (Wildman–Crippen MR) is 134 cm³/mol. The minimum Gasteiger partial charge on any atom is -0.507 e. The number of hydrogen-bond donors (Lipinski definition) is 3. The van der Waals surface area contributed by atoms with Gasteiger partial charge in [-0.1, -0.05) is 54.7 Å². The van der Waals surface area contributed by atoms with Crippen molar-refractivity contribution in [3.8, 4) is 17.2 Å². The Morgan fingerprint density at radius 3 is 1.06 bits per heavy atom. The number of aromatic hydroxyl groups is 3. The number of hydrogen-bond acceptors (Lipinski definition) is 3. The van der Waals surface area contributed by atoms with Crippen molar-refractivity contribution in [3.63, 3.8) is 0 Å². The predicted octanol–water partition coefficient (Wildman–Crippen LogP) is 7.26. The monoisotopic (exact) mass is 426 g/mol. The van der Waals surface area contributed by atoms with Crippen molar-refractivity contribution in [3.05, 3.63) is 106 Å². The Hall–Kier alpha value is -3.72. The maximum absolute atomic E-state index is 10.3. The molecule has 164 valence electrons. The molecule has 0 bridgehead atoms. The number of allylic oxidation sites excluding steroid dienone is 3. The molecular formula is C29H30O3. The lowest BCUT2D eigenvalue weighted by molar-refractivity contribution is 0.472. The summed E-state index contributed by atoms with van der Waals surface area (Å²) >= 11 is 0. The molecule has 3 rings (SSSR count). The molecule has 3 aromatic carbocycles. The van der Waals surface area contributed by atoms with E-state index in [2.05, 4.69) is 6.92 Å². The van der Waals surface area contributed by atoms with E-state index in [0.29, 0.717) is 0 Å². The van der Waals surface area contributed by atoms with Crippen molar-refractivity contribution >= 4 is 18.2 Å². The first-order valence-corrected chi connectivity index (χ1v) is 10.7. The van der Waals surface area contributed by atoms with Crippen molar-refractivity contribution in [2.24, 2.45) is 0 Å². The molecule has 3 nitrogen and oxygen atoms in total. The third-order valence-electron chi connectivity index (χ3n) is 5.85. The lowest BCUT2D eigenvalue weighted by Gasteiger charge is -2.33. The summed E-state index contributed by atoms with van der Waals surface area (Å²) in [5.41, 5.74) is 4.54. The van der Waals surface area contributed by atoms with E-state index in [-0.39, 0.29) is 17.2 Å². The van der Waals surface area contributed by atoms with Gasteiger partial charge < -0.3 is 15.3 Å². The highest BCUT2D eigenvalue weighted by molar-refractivity contribution is 5.66. The highest BCUT2D eigenvalue weighted by Gasteiger charge is 2.32. The SMILES string of the molecule is CC=Cc1cc(C(C)(c2ccc(O)c(C=CC)c2)c2ccc(O)c(C=CC)c2)ccc1O. The van der Waals surface area contributed by atoms with Crippen LogP contribution in [-0.2, 0) is 5.41 Å². The smallest absolute Gasteiger partial charge is 0.122 e. The van der Waals surface area contributed by atoms with E-state index in [0.717, 1.165) is 33.4 Å². The van der Waals surface area contributed by atoms with Crippen LogP contribution in [0.2, 0.25) is 0 Å². The lowest BCUT2D eigenvalue weighted by atomic mass is 9.70. The van der Waals surface area contributed by atoms with Gasteiger partial charge in [0.2, 0.25) is 0 Å². The molecule has 0 heterocycles. The van der Waals surface area contributed by atoms with Gasteiger partial charge in [-0.3, -0.25) is 0 Å². The molecule has 0 aromatic heterocycles. The molecule has 0 radical (unpaired) electrons. The Bertz CT molecular complexity index is 1050. The van der Waals surface area contributed by atoms with Gasteiger partial charge in [-0.2, -0.15) is 0 Å². The van der Waals surface area contributed by atoms with Gasteiger partial charge in [0, 0.05) is 22.1 Å². The van der Waals surface area contributed by atoms with Crippen LogP contribution in [0.3, 0.4) is 0 Å². The number of phenolic OH excluding ortho intramolecular Hbond substituents is 3. The summed E-state index contributed by atoms with van der Waals surface area (Å²) in [4.78, 5) is 0. The van der Waals surface area contributed by atoms with Gasteiger partial charge in [0.25, 0.3) is 0 Å². The Morgan fingerprint density at radius 2 is 0.812 bits per heavy atom. The summed E-state index contributed by atoms with van der Waals surface area (Å²) in [5, 5.41) is 31.0. The molecule has 3 heteroatoms. The summed E-state index contributed by atoms with van der Waals surface area (Å²) in [6.45, 7) is 7.87. The van der Waals surface area contributed by atoms with Crippen molar-refractivity contribution < 1.29 is 15.3 Å². The van der Waals surface area contributed by atoms with Gasteiger partial charge in [-0.25, -0.2) is 0 Å².